The molecule has 1 atom stereocenters. The van der Waals surface area contributed by atoms with Gasteiger partial charge in [0.25, 0.3) is 5.91 Å². The molecule has 0 aliphatic rings. The SMILES string of the molecule is NC(=O)CC[C@H](NC(=O)c1cc(Cl)ccn1)C(=O)O. The van der Waals surface area contributed by atoms with Crippen molar-refractivity contribution < 1.29 is 19.5 Å². The zero-order chi connectivity index (χ0) is 14.4. The predicted octanol–water partition coefficient (Wildman–Crippen LogP) is 0.183. The number of carboxylic acids is 1. The van der Waals surface area contributed by atoms with Gasteiger partial charge in [-0.3, -0.25) is 14.6 Å². The van der Waals surface area contributed by atoms with Crippen molar-refractivity contribution in [1.82, 2.24) is 10.3 Å². The number of hydrogen-bond donors (Lipinski definition) is 3. The topological polar surface area (TPSA) is 122 Å². The first-order valence-electron chi connectivity index (χ1n) is 5.33. The van der Waals surface area contributed by atoms with E-state index in [0.717, 1.165) is 0 Å². The second-order valence-corrected chi connectivity index (χ2v) is 4.17. The first kappa shape index (κ1) is 14.9. The number of carbonyl (C=O) groups excluding carboxylic acids is 2. The van der Waals surface area contributed by atoms with Crippen LogP contribution < -0.4 is 11.1 Å². The van der Waals surface area contributed by atoms with Gasteiger partial charge in [0.1, 0.15) is 11.7 Å². The van der Waals surface area contributed by atoms with Gasteiger partial charge < -0.3 is 16.2 Å². The maximum Gasteiger partial charge on any atom is 0.326 e. The van der Waals surface area contributed by atoms with Crippen molar-refractivity contribution in [2.45, 2.75) is 18.9 Å². The Hall–Kier alpha value is -2.15. The fourth-order valence-electron chi connectivity index (χ4n) is 1.31. The molecule has 0 aliphatic heterocycles. The van der Waals surface area contributed by atoms with Gasteiger partial charge in [0.05, 0.1) is 0 Å². The van der Waals surface area contributed by atoms with Crippen LogP contribution in [0.15, 0.2) is 18.3 Å². The number of carboxylic acid groups (broad SMARTS) is 1. The minimum absolute atomic E-state index is 0.00201. The lowest BCUT2D eigenvalue weighted by atomic mass is 10.1. The van der Waals surface area contributed by atoms with Gasteiger partial charge in [0.15, 0.2) is 0 Å². The van der Waals surface area contributed by atoms with Crippen molar-refractivity contribution in [3.05, 3.63) is 29.0 Å². The van der Waals surface area contributed by atoms with E-state index in [1.807, 2.05) is 0 Å². The maximum absolute atomic E-state index is 11.7. The third kappa shape index (κ3) is 4.92. The van der Waals surface area contributed by atoms with Crippen LogP contribution in [0.3, 0.4) is 0 Å². The molecule has 0 aromatic carbocycles. The molecule has 102 valence electrons. The first-order chi connectivity index (χ1) is 8.90. The molecule has 0 aliphatic carbocycles. The maximum atomic E-state index is 11.7. The van der Waals surface area contributed by atoms with E-state index in [0.29, 0.717) is 5.02 Å². The number of primary amides is 1. The van der Waals surface area contributed by atoms with E-state index in [9.17, 15) is 14.4 Å². The number of pyridine rings is 1. The van der Waals surface area contributed by atoms with Crippen molar-refractivity contribution >= 4 is 29.4 Å². The van der Waals surface area contributed by atoms with Gasteiger partial charge in [-0.1, -0.05) is 11.6 Å². The van der Waals surface area contributed by atoms with Gasteiger partial charge in [-0.2, -0.15) is 0 Å². The number of nitrogens with one attached hydrogen (secondary N) is 1. The number of halogens is 1. The summed E-state index contributed by atoms with van der Waals surface area (Å²) in [4.78, 5) is 37.1. The number of rotatable bonds is 6. The minimum Gasteiger partial charge on any atom is -0.480 e. The Morgan fingerprint density at radius 3 is 2.68 bits per heavy atom. The molecule has 1 rings (SSSR count). The molecule has 0 bridgehead atoms. The number of nitrogens with two attached hydrogens (primary N) is 1. The van der Waals surface area contributed by atoms with E-state index in [4.69, 9.17) is 22.4 Å². The minimum atomic E-state index is -1.25. The van der Waals surface area contributed by atoms with Gasteiger partial charge in [-0.15, -0.1) is 0 Å². The van der Waals surface area contributed by atoms with Gasteiger partial charge >= 0.3 is 5.97 Å². The van der Waals surface area contributed by atoms with Crippen LogP contribution in [0.1, 0.15) is 23.3 Å². The quantitative estimate of drug-likeness (QED) is 0.688. The summed E-state index contributed by atoms with van der Waals surface area (Å²) < 4.78 is 0. The summed E-state index contributed by atoms with van der Waals surface area (Å²) in [5.74, 6) is -2.57. The second kappa shape index (κ2) is 6.69. The largest absolute Gasteiger partial charge is 0.480 e. The molecule has 1 aromatic rings. The summed E-state index contributed by atoms with van der Waals surface area (Å²) in [5.41, 5.74) is 4.93. The highest BCUT2D eigenvalue weighted by molar-refractivity contribution is 6.30. The van der Waals surface area contributed by atoms with Gasteiger partial charge in [-0.05, 0) is 18.6 Å². The lowest BCUT2D eigenvalue weighted by Crippen LogP contribution is -2.41. The Balaban J connectivity index is 2.71. The molecule has 0 spiro atoms. The monoisotopic (exact) mass is 285 g/mol. The second-order valence-electron chi connectivity index (χ2n) is 3.73. The molecule has 19 heavy (non-hydrogen) atoms. The number of aromatic nitrogens is 1. The van der Waals surface area contributed by atoms with Crippen LogP contribution in [-0.2, 0) is 9.59 Å². The summed E-state index contributed by atoms with van der Waals surface area (Å²) >= 11 is 5.69. The van der Waals surface area contributed by atoms with E-state index in [2.05, 4.69) is 10.3 Å². The van der Waals surface area contributed by atoms with Gasteiger partial charge in [-0.25, -0.2) is 4.79 Å². The molecule has 8 heteroatoms. The van der Waals surface area contributed by atoms with Gasteiger partial charge in [0.2, 0.25) is 5.91 Å². The number of carbonyl (C=O) groups is 3. The average Bonchev–Trinajstić information content (AvgIpc) is 2.33. The summed E-state index contributed by atoms with van der Waals surface area (Å²) in [6, 6.07) is 1.59. The van der Waals surface area contributed by atoms with Crippen LogP contribution in [0, 0.1) is 0 Å². The number of nitrogens with zero attached hydrogens (tertiary/aromatic N) is 1. The van der Waals surface area contributed by atoms with Crippen LogP contribution >= 0.6 is 11.6 Å². The summed E-state index contributed by atoms with van der Waals surface area (Å²) in [6.07, 6.45) is 1.10. The smallest absolute Gasteiger partial charge is 0.326 e. The molecule has 0 radical (unpaired) electrons. The molecule has 0 saturated carbocycles. The summed E-state index contributed by atoms with van der Waals surface area (Å²) in [7, 11) is 0. The average molecular weight is 286 g/mol. The Labute approximate surface area is 113 Å². The van der Waals surface area contributed by atoms with E-state index in [1.54, 1.807) is 0 Å². The van der Waals surface area contributed by atoms with Crippen LogP contribution in [0.25, 0.3) is 0 Å². The fourth-order valence-corrected chi connectivity index (χ4v) is 1.46. The van der Waals surface area contributed by atoms with Crippen molar-refractivity contribution in [1.29, 1.82) is 0 Å². The lowest BCUT2D eigenvalue weighted by Gasteiger charge is -2.13. The van der Waals surface area contributed by atoms with E-state index >= 15 is 0 Å². The van der Waals surface area contributed by atoms with Crippen LogP contribution in [0.2, 0.25) is 5.02 Å². The van der Waals surface area contributed by atoms with Crippen LogP contribution in [0.4, 0.5) is 0 Å². The highest BCUT2D eigenvalue weighted by Crippen LogP contribution is 2.08. The molecule has 0 unspecified atom stereocenters. The molecule has 4 N–H and O–H groups in total. The fraction of sp³-hybridized carbons (Fsp3) is 0.273. The molecule has 1 aromatic heterocycles. The van der Waals surface area contributed by atoms with Crippen LogP contribution in [0.5, 0.6) is 0 Å². The van der Waals surface area contributed by atoms with Gasteiger partial charge in [0, 0.05) is 17.6 Å². The van der Waals surface area contributed by atoms with E-state index in [1.165, 1.54) is 18.3 Å². The van der Waals surface area contributed by atoms with Crippen molar-refractivity contribution in [3.63, 3.8) is 0 Å². The summed E-state index contributed by atoms with van der Waals surface area (Å²) in [6.45, 7) is 0. The summed E-state index contributed by atoms with van der Waals surface area (Å²) in [5, 5.41) is 11.5. The molecule has 0 fully saturated rings. The highest BCUT2D eigenvalue weighted by atomic mass is 35.5. The number of aliphatic carboxylic acids is 1. The van der Waals surface area contributed by atoms with E-state index < -0.39 is 23.8 Å². The zero-order valence-electron chi connectivity index (χ0n) is 9.80. The predicted molar refractivity (Wildman–Crippen MR) is 66.6 cm³/mol. The lowest BCUT2D eigenvalue weighted by molar-refractivity contribution is -0.139. The molecular weight excluding hydrogens is 274 g/mol. The third-order valence-corrected chi connectivity index (χ3v) is 2.47. The van der Waals surface area contributed by atoms with Crippen molar-refractivity contribution in [2.24, 2.45) is 5.73 Å². The van der Waals surface area contributed by atoms with E-state index in [-0.39, 0.29) is 18.5 Å². The zero-order valence-corrected chi connectivity index (χ0v) is 10.6. The molecule has 1 heterocycles. The Kier molecular flexibility index (Phi) is 5.25. The number of hydrogen-bond acceptors (Lipinski definition) is 4. The highest BCUT2D eigenvalue weighted by Gasteiger charge is 2.21. The van der Waals surface area contributed by atoms with Crippen LogP contribution in [-0.4, -0.2) is 33.9 Å². The molecule has 7 nitrogen and oxygen atoms in total. The van der Waals surface area contributed by atoms with Crippen molar-refractivity contribution in [2.75, 3.05) is 0 Å². The number of amides is 2. The third-order valence-electron chi connectivity index (χ3n) is 2.24. The first-order valence-corrected chi connectivity index (χ1v) is 5.71. The molecule has 0 saturated heterocycles. The Bertz CT molecular complexity index is 506. The molecular formula is C11H12ClN3O4. The standard InChI is InChI=1S/C11H12ClN3O4/c12-6-3-4-14-8(5-6)10(17)15-7(11(18)19)1-2-9(13)16/h3-5,7H,1-2H2,(H2,13,16)(H,15,17)(H,18,19)/t7-/m0/s1. The Morgan fingerprint density at radius 2 is 2.16 bits per heavy atom. The molecule has 2 amide bonds. The van der Waals surface area contributed by atoms with Crippen molar-refractivity contribution in [3.8, 4) is 0 Å². The Morgan fingerprint density at radius 1 is 1.47 bits per heavy atom. The normalized spacial score (nSPS) is 11.6.